The molecule has 0 saturated carbocycles. The lowest BCUT2D eigenvalue weighted by Gasteiger charge is -2.42. The van der Waals surface area contributed by atoms with Crippen molar-refractivity contribution in [3.05, 3.63) is 107 Å². The van der Waals surface area contributed by atoms with Crippen molar-refractivity contribution in [3.63, 3.8) is 0 Å². The minimum absolute atomic E-state index is 0.0954. The molecule has 6 atom stereocenters. The summed E-state index contributed by atoms with van der Waals surface area (Å²) in [5.41, 5.74) is 16.0. The molecule has 2 aliphatic heterocycles. The number of hydrogen-bond acceptors (Lipinski definition) is 8. The second-order valence-corrected chi connectivity index (χ2v) is 14.9. The van der Waals surface area contributed by atoms with E-state index in [9.17, 15) is 19.2 Å². The van der Waals surface area contributed by atoms with Gasteiger partial charge in [0.2, 0.25) is 0 Å². The lowest BCUT2D eigenvalue weighted by Crippen LogP contribution is -2.48. The average Bonchev–Trinajstić information content (AvgIpc) is 3.16. The number of nitrogens with zero attached hydrogens (tertiary/aromatic N) is 4. The van der Waals surface area contributed by atoms with E-state index in [1.54, 1.807) is 35.8 Å². The number of nitrogens with two attached hydrogens (primary N) is 2. The molecule has 0 radical (unpaired) electrons. The molecular weight excluding hydrogens is 681 g/mol. The van der Waals surface area contributed by atoms with Gasteiger partial charge >= 0.3 is 23.6 Å². The standard InChI is InChI=1S/2C21H26N4O2/c2*1-13-10-18(16-7-5-4-6-8-16)25(12-15(13)3)21(27)20(26)24-17-9-14(2)19(22)23-11-17/h2*4-9,11,13,15,18H,10,12H2,1-3H3,(H2,22,23)(H,24,26)/t2*13-,15-,18-/m10/s1. The number of pyridine rings is 2. The van der Waals surface area contributed by atoms with E-state index < -0.39 is 23.6 Å². The van der Waals surface area contributed by atoms with Crippen LogP contribution >= 0.6 is 0 Å². The molecule has 4 heterocycles. The van der Waals surface area contributed by atoms with Gasteiger partial charge in [-0.1, -0.05) is 88.4 Å². The van der Waals surface area contributed by atoms with Gasteiger partial charge in [-0.25, -0.2) is 9.97 Å². The maximum atomic E-state index is 13.0. The molecule has 284 valence electrons. The topological polar surface area (TPSA) is 177 Å². The first-order valence-electron chi connectivity index (χ1n) is 18.5. The van der Waals surface area contributed by atoms with E-state index in [1.165, 1.54) is 12.4 Å². The maximum Gasteiger partial charge on any atom is 0.313 e. The molecule has 0 aliphatic carbocycles. The fraction of sp³-hybridized carbons (Fsp3) is 0.381. The number of aryl methyl sites for hydroxylation is 2. The van der Waals surface area contributed by atoms with Gasteiger partial charge < -0.3 is 31.9 Å². The molecule has 0 unspecified atom stereocenters. The van der Waals surface area contributed by atoms with Crippen LogP contribution in [0.3, 0.4) is 0 Å². The number of anilines is 4. The molecule has 12 nitrogen and oxygen atoms in total. The van der Waals surface area contributed by atoms with Crippen LogP contribution in [0.25, 0.3) is 0 Å². The Morgan fingerprint density at radius 2 is 0.944 bits per heavy atom. The molecule has 4 amide bonds. The third kappa shape index (κ3) is 9.41. The van der Waals surface area contributed by atoms with Gasteiger partial charge in [0.15, 0.2) is 0 Å². The van der Waals surface area contributed by atoms with Crippen molar-refractivity contribution in [2.45, 2.75) is 66.5 Å². The lowest BCUT2D eigenvalue weighted by molar-refractivity contribution is -0.147. The predicted octanol–water partition coefficient (Wildman–Crippen LogP) is 6.31. The van der Waals surface area contributed by atoms with Crippen molar-refractivity contribution in [1.82, 2.24) is 19.8 Å². The smallest absolute Gasteiger partial charge is 0.313 e. The van der Waals surface area contributed by atoms with Gasteiger partial charge in [-0.2, -0.15) is 0 Å². The first-order chi connectivity index (χ1) is 25.7. The van der Waals surface area contributed by atoms with Crippen LogP contribution in [0.4, 0.5) is 23.0 Å². The number of rotatable bonds is 4. The summed E-state index contributed by atoms with van der Waals surface area (Å²) in [6.07, 6.45) is 4.60. The summed E-state index contributed by atoms with van der Waals surface area (Å²) in [4.78, 5) is 62.6. The fourth-order valence-corrected chi connectivity index (χ4v) is 7.03. The maximum absolute atomic E-state index is 13.0. The number of benzene rings is 2. The molecule has 0 bridgehead atoms. The second kappa shape index (κ2) is 17.4. The zero-order valence-corrected chi connectivity index (χ0v) is 32.0. The third-order valence-corrected chi connectivity index (χ3v) is 10.9. The molecule has 4 aromatic rings. The fourth-order valence-electron chi connectivity index (χ4n) is 7.03. The van der Waals surface area contributed by atoms with Gasteiger partial charge in [0, 0.05) is 13.1 Å². The van der Waals surface area contributed by atoms with E-state index in [0.717, 1.165) is 35.1 Å². The molecule has 2 aromatic heterocycles. The van der Waals surface area contributed by atoms with E-state index in [2.05, 4.69) is 48.3 Å². The van der Waals surface area contributed by atoms with Crippen LogP contribution in [0, 0.1) is 37.5 Å². The molecule has 12 heteroatoms. The second-order valence-electron chi connectivity index (χ2n) is 14.9. The van der Waals surface area contributed by atoms with Crippen LogP contribution in [-0.4, -0.2) is 56.5 Å². The molecule has 2 aromatic carbocycles. The molecule has 2 saturated heterocycles. The van der Waals surface area contributed by atoms with Crippen molar-refractivity contribution in [3.8, 4) is 0 Å². The van der Waals surface area contributed by atoms with Gasteiger partial charge in [0.1, 0.15) is 11.6 Å². The SMILES string of the molecule is Cc1cc(NC(=O)C(=O)N2C[C@@H](C)[C@H](C)C[C@@H]2c2ccccc2)cnc1N.Cc1cc(NC(=O)C(=O)N2C[C@H](C)[C@@H](C)C[C@H]2c2ccccc2)cnc1N. The number of aromatic nitrogens is 2. The monoisotopic (exact) mass is 732 g/mol. The van der Waals surface area contributed by atoms with Gasteiger partial charge in [0.25, 0.3) is 0 Å². The average molecular weight is 733 g/mol. The Kier molecular flexibility index (Phi) is 12.7. The van der Waals surface area contributed by atoms with Gasteiger partial charge in [-0.15, -0.1) is 0 Å². The summed E-state index contributed by atoms with van der Waals surface area (Å²) >= 11 is 0. The highest BCUT2D eigenvalue weighted by Crippen LogP contribution is 2.38. The van der Waals surface area contributed by atoms with Crippen molar-refractivity contribution in [1.29, 1.82) is 0 Å². The van der Waals surface area contributed by atoms with E-state index in [-0.39, 0.29) is 12.1 Å². The molecule has 2 aliphatic rings. The van der Waals surface area contributed by atoms with Crippen LogP contribution < -0.4 is 22.1 Å². The number of nitrogens with one attached hydrogen (secondary N) is 2. The van der Waals surface area contributed by atoms with Crippen LogP contribution in [0.5, 0.6) is 0 Å². The Balaban J connectivity index is 0.000000208. The zero-order chi connectivity index (χ0) is 39.1. The number of carbonyl (C=O) groups is 4. The van der Waals surface area contributed by atoms with Crippen LogP contribution in [0.2, 0.25) is 0 Å². The molecule has 0 spiro atoms. The summed E-state index contributed by atoms with van der Waals surface area (Å²) in [5.74, 6) is 0.105. The van der Waals surface area contributed by atoms with Crippen LogP contribution in [0.1, 0.15) is 74.9 Å². The lowest BCUT2D eigenvalue weighted by atomic mass is 9.82. The zero-order valence-electron chi connectivity index (χ0n) is 32.0. The van der Waals surface area contributed by atoms with Gasteiger partial charge in [0.05, 0.1) is 35.9 Å². The minimum Gasteiger partial charge on any atom is -0.383 e. The number of hydrogen-bond donors (Lipinski definition) is 4. The summed E-state index contributed by atoms with van der Waals surface area (Å²) in [6, 6.07) is 23.0. The van der Waals surface area contributed by atoms with Crippen molar-refractivity contribution in [2.75, 3.05) is 35.2 Å². The van der Waals surface area contributed by atoms with Crippen LogP contribution in [-0.2, 0) is 19.2 Å². The highest BCUT2D eigenvalue weighted by Gasteiger charge is 2.38. The van der Waals surface area contributed by atoms with Gasteiger partial charge in [-0.05, 0) is 84.7 Å². The largest absolute Gasteiger partial charge is 0.383 e. The Morgan fingerprint density at radius 3 is 1.28 bits per heavy atom. The number of likely N-dealkylation sites (tertiary alicyclic amines) is 2. The van der Waals surface area contributed by atoms with Crippen LogP contribution in [0.15, 0.2) is 85.2 Å². The molecular formula is C42H52N8O4. The minimum atomic E-state index is -0.649. The van der Waals surface area contributed by atoms with E-state index in [4.69, 9.17) is 11.5 Å². The first-order valence-corrected chi connectivity index (χ1v) is 18.5. The predicted molar refractivity (Wildman–Crippen MR) is 212 cm³/mol. The van der Waals surface area contributed by atoms with E-state index in [1.807, 2.05) is 60.7 Å². The Bertz CT molecular complexity index is 1820. The Hall–Kier alpha value is -5.78. The Morgan fingerprint density at radius 1 is 0.593 bits per heavy atom. The summed E-state index contributed by atoms with van der Waals surface area (Å²) in [5, 5.41) is 5.31. The number of carbonyl (C=O) groups excluding carboxylic acids is 4. The third-order valence-electron chi connectivity index (χ3n) is 10.9. The molecule has 2 fully saturated rings. The number of piperidine rings is 2. The van der Waals surface area contributed by atoms with E-state index in [0.29, 0.717) is 59.8 Å². The normalized spacial score (nSPS) is 22.3. The quantitative estimate of drug-likeness (QED) is 0.176. The summed E-state index contributed by atoms with van der Waals surface area (Å²) in [6.45, 7) is 13.4. The molecule has 6 N–H and O–H groups in total. The van der Waals surface area contributed by atoms with Crippen molar-refractivity contribution in [2.24, 2.45) is 23.7 Å². The van der Waals surface area contributed by atoms with Crippen molar-refractivity contribution >= 4 is 46.6 Å². The highest BCUT2D eigenvalue weighted by atomic mass is 16.2. The summed E-state index contributed by atoms with van der Waals surface area (Å²) < 4.78 is 0. The number of amides is 4. The van der Waals surface area contributed by atoms with Gasteiger partial charge in [-0.3, -0.25) is 19.2 Å². The number of nitrogen functional groups attached to an aromatic ring is 2. The Labute approximate surface area is 317 Å². The van der Waals surface area contributed by atoms with Crippen molar-refractivity contribution < 1.29 is 19.2 Å². The summed E-state index contributed by atoms with van der Waals surface area (Å²) in [7, 11) is 0. The van der Waals surface area contributed by atoms with E-state index >= 15 is 0 Å². The first kappa shape index (κ1) is 39.4. The molecule has 54 heavy (non-hydrogen) atoms. The highest BCUT2D eigenvalue weighted by molar-refractivity contribution is 6.40. The molecule has 6 rings (SSSR count).